The zero-order valence-electron chi connectivity index (χ0n) is 11.3. The number of halogens is 1. The van der Waals surface area contributed by atoms with Gasteiger partial charge in [-0.3, -0.25) is 9.59 Å². The molecule has 3 rings (SSSR count). The highest BCUT2D eigenvalue weighted by Crippen LogP contribution is 2.23. The fraction of sp³-hybridized carbons (Fsp3) is 0.231. The average Bonchev–Trinajstić information content (AvgIpc) is 3.04. The Morgan fingerprint density at radius 1 is 1.41 bits per heavy atom. The molecule has 2 heterocycles. The maximum atomic E-state index is 14.1. The molecule has 0 aliphatic carbocycles. The van der Waals surface area contributed by atoms with E-state index in [0.29, 0.717) is 18.8 Å². The molecule has 2 amide bonds. The molecule has 9 heteroatoms. The van der Waals surface area contributed by atoms with Gasteiger partial charge in [-0.15, -0.1) is 5.10 Å². The number of ether oxygens (including phenoxy) is 1. The van der Waals surface area contributed by atoms with Gasteiger partial charge in [0.25, 0.3) is 11.8 Å². The summed E-state index contributed by atoms with van der Waals surface area (Å²) in [6, 6.07) is 4.09. The molecule has 0 saturated carbocycles. The number of benzene rings is 1. The normalized spacial score (nSPS) is 15.0. The molecular weight excluding hydrogens is 295 g/mol. The Hall–Kier alpha value is -2.81. The smallest absolute Gasteiger partial charge is 0.296 e. The fourth-order valence-electron chi connectivity index (χ4n) is 2.02. The number of nitrogens with zero attached hydrogens (tertiary/aromatic N) is 3. The zero-order valence-corrected chi connectivity index (χ0v) is 11.3. The van der Waals surface area contributed by atoms with E-state index in [1.165, 1.54) is 17.0 Å². The number of hydrogen-bond acceptors (Lipinski definition) is 6. The molecule has 1 N–H and O–H groups in total. The van der Waals surface area contributed by atoms with Crippen LogP contribution in [0.2, 0.25) is 0 Å². The van der Waals surface area contributed by atoms with Gasteiger partial charge in [0.05, 0.1) is 12.3 Å². The fourth-order valence-corrected chi connectivity index (χ4v) is 2.02. The van der Waals surface area contributed by atoms with Crippen molar-refractivity contribution < 1.29 is 23.2 Å². The minimum absolute atomic E-state index is 0.0292. The van der Waals surface area contributed by atoms with Crippen molar-refractivity contribution in [2.24, 2.45) is 0 Å². The molecule has 0 spiro atoms. The van der Waals surface area contributed by atoms with E-state index < -0.39 is 11.7 Å². The third-order valence-corrected chi connectivity index (χ3v) is 3.08. The van der Waals surface area contributed by atoms with Gasteiger partial charge >= 0.3 is 0 Å². The summed E-state index contributed by atoms with van der Waals surface area (Å²) < 4.78 is 23.7. The molecule has 2 aromatic rings. The molecule has 0 bridgehead atoms. The van der Waals surface area contributed by atoms with Gasteiger partial charge in [-0.1, -0.05) is 0 Å². The Kier molecular flexibility index (Phi) is 3.79. The van der Waals surface area contributed by atoms with Crippen LogP contribution in [0, 0.1) is 5.82 Å². The maximum absolute atomic E-state index is 14.1. The summed E-state index contributed by atoms with van der Waals surface area (Å²) in [5.41, 5.74) is 0.371. The monoisotopic (exact) mass is 306 g/mol. The summed E-state index contributed by atoms with van der Waals surface area (Å²) in [7, 11) is 0. The summed E-state index contributed by atoms with van der Waals surface area (Å²) in [6.45, 7) is 0.719. The van der Waals surface area contributed by atoms with E-state index in [1.54, 1.807) is 6.07 Å². The van der Waals surface area contributed by atoms with E-state index in [1.807, 2.05) is 0 Å². The lowest BCUT2D eigenvalue weighted by atomic mass is 10.2. The predicted octanol–water partition coefficient (Wildman–Crippen LogP) is 0.824. The highest BCUT2D eigenvalue weighted by Gasteiger charge is 2.21. The summed E-state index contributed by atoms with van der Waals surface area (Å²) in [5.74, 6) is -1.71. The SMILES string of the molecule is O=C(Nc1ccc(N2CCOCC2=O)cc1F)c1cnno1. The molecule has 114 valence electrons. The molecule has 0 atom stereocenters. The van der Waals surface area contributed by atoms with Crippen LogP contribution in [0.1, 0.15) is 10.6 Å². The first-order valence-electron chi connectivity index (χ1n) is 6.41. The highest BCUT2D eigenvalue weighted by atomic mass is 19.1. The number of aromatic nitrogens is 2. The number of morpholine rings is 1. The third-order valence-electron chi connectivity index (χ3n) is 3.08. The van der Waals surface area contributed by atoms with Gasteiger partial charge in [0.1, 0.15) is 18.6 Å². The molecule has 1 fully saturated rings. The summed E-state index contributed by atoms with van der Waals surface area (Å²) in [6.07, 6.45) is 1.12. The molecule has 1 aromatic carbocycles. The molecule has 0 unspecified atom stereocenters. The molecule has 8 nitrogen and oxygen atoms in total. The van der Waals surface area contributed by atoms with Gasteiger partial charge in [-0.2, -0.15) is 0 Å². The minimum atomic E-state index is -0.669. The number of rotatable bonds is 3. The highest BCUT2D eigenvalue weighted by molar-refractivity contribution is 6.02. The Bertz CT molecular complexity index is 704. The van der Waals surface area contributed by atoms with E-state index in [4.69, 9.17) is 4.74 Å². The second-order valence-corrected chi connectivity index (χ2v) is 4.50. The Morgan fingerprint density at radius 3 is 2.95 bits per heavy atom. The van der Waals surface area contributed by atoms with Gasteiger partial charge in [0.2, 0.25) is 5.76 Å². The lowest BCUT2D eigenvalue weighted by Gasteiger charge is -2.27. The van der Waals surface area contributed by atoms with Crippen molar-refractivity contribution >= 4 is 23.2 Å². The number of nitrogens with one attached hydrogen (secondary N) is 1. The number of amides is 2. The topological polar surface area (TPSA) is 97.6 Å². The van der Waals surface area contributed by atoms with Crippen molar-refractivity contribution in [3.63, 3.8) is 0 Å². The van der Waals surface area contributed by atoms with E-state index in [0.717, 1.165) is 6.20 Å². The number of anilines is 2. The molecule has 0 radical (unpaired) electrons. The van der Waals surface area contributed by atoms with Crippen LogP contribution in [0.25, 0.3) is 0 Å². The predicted molar refractivity (Wildman–Crippen MR) is 71.8 cm³/mol. The summed E-state index contributed by atoms with van der Waals surface area (Å²) in [5, 5.41) is 8.86. The van der Waals surface area contributed by atoms with Crippen molar-refractivity contribution in [1.29, 1.82) is 0 Å². The van der Waals surface area contributed by atoms with Crippen molar-refractivity contribution in [2.45, 2.75) is 0 Å². The lowest BCUT2D eigenvalue weighted by molar-refractivity contribution is -0.125. The second kappa shape index (κ2) is 5.90. The van der Waals surface area contributed by atoms with Crippen LogP contribution in [0.5, 0.6) is 0 Å². The molecule has 1 aromatic heterocycles. The van der Waals surface area contributed by atoms with Crippen LogP contribution >= 0.6 is 0 Å². The first-order valence-corrected chi connectivity index (χ1v) is 6.41. The summed E-state index contributed by atoms with van der Waals surface area (Å²) in [4.78, 5) is 24.9. The van der Waals surface area contributed by atoms with Crippen molar-refractivity contribution in [3.05, 3.63) is 36.0 Å². The first-order chi connectivity index (χ1) is 10.6. The van der Waals surface area contributed by atoms with Gasteiger partial charge in [0, 0.05) is 17.5 Å². The van der Waals surface area contributed by atoms with Gasteiger partial charge in [-0.25, -0.2) is 4.39 Å². The molecule has 1 saturated heterocycles. The van der Waals surface area contributed by atoms with Crippen LogP contribution in [0.15, 0.2) is 28.9 Å². The zero-order chi connectivity index (χ0) is 15.5. The van der Waals surface area contributed by atoms with Crippen LogP contribution < -0.4 is 10.2 Å². The van der Waals surface area contributed by atoms with E-state index in [2.05, 4.69) is 20.2 Å². The van der Waals surface area contributed by atoms with Crippen molar-refractivity contribution in [3.8, 4) is 0 Å². The first kappa shape index (κ1) is 14.1. The van der Waals surface area contributed by atoms with Crippen molar-refractivity contribution in [2.75, 3.05) is 30.0 Å². The number of carbonyl (C=O) groups is 2. The summed E-state index contributed by atoms with van der Waals surface area (Å²) >= 11 is 0. The Morgan fingerprint density at radius 2 is 2.27 bits per heavy atom. The Labute approximate surface area is 123 Å². The standard InChI is InChI=1S/C13H11FN4O4/c14-9-5-8(18-3-4-21-7-12(18)19)1-2-10(9)16-13(20)11-6-15-17-22-11/h1-2,5-6H,3-4,7H2,(H,16,20). The van der Waals surface area contributed by atoms with E-state index in [-0.39, 0.29) is 24.0 Å². The van der Waals surface area contributed by atoms with Crippen LogP contribution in [0.3, 0.4) is 0 Å². The second-order valence-electron chi connectivity index (χ2n) is 4.50. The number of carbonyl (C=O) groups excluding carboxylic acids is 2. The largest absolute Gasteiger partial charge is 0.370 e. The van der Waals surface area contributed by atoms with Crippen molar-refractivity contribution in [1.82, 2.24) is 10.4 Å². The number of hydrogen-bond donors (Lipinski definition) is 1. The maximum Gasteiger partial charge on any atom is 0.296 e. The van der Waals surface area contributed by atoms with Crippen LogP contribution in [0.4, 0.5) is 15.8 Å². The van der Waals surface area contributed by atoms with Crippen LogP contribution in [-0.2, 0) is 9.53 Å². The molecular formula is C13H11FN4O4. The van der Waals surface area contributed by atoms with Crippen LogP contribution in [-0.4, -0.2) is 41.9 Å². The van der Waals surface area contributed by atoms with E-state index >= 15 is 0 Å². The van der Waals surface area contributed by atoms with E-state index in [9.17, 15) is 14.0 Å². The molecule has 1 aliphatic rings. The average molecular weight is 306 g/mol. The third kappa shape index (κ3) is 2.79. The Balaban J connectivity index is 1.77. The molecule has 22 heavy (non-hydrogen) atoms. The van der Waals surface area contributed by atoms with Gasteiger partial charge in [-0.05, 0) is 18.2 Å². The quantitative estimate of drug-likeness (QED) is 0.901. The minimum Gasteiger partial charge on any atom is -0.370 e. The van der Waals surface area contributed by atoms with Gasteiger partial charge in [0.15, 0.2) is 0 Å². The lowest BCUT2D eigenvalue weighted by Crippen LogP contribution is -2.41. The molecule has 1 aliphatic heterocycles. The van der Waals surface area contributed by atoms with Gasteiger partial charge < -0.3 is 19.5 Å².